The Labute approximate surface area is 440 Å². The predicted molar refractivity (Wildman–Crippen MR) is 294 cm³/mol. The summed E-state index contributed by atoms with van der Waals surface area (Å²) in [5.41, 5.74) is 3.68. The van der Waals surface area contributed by atoms with E-state index in [1.54, 1.807) is 13.1 Å². The number of hydrogen-bond donors (Lipinski definition) is 3. The molecule has 4 aromatic rings. The van der Waals surface area contributed by atoms with Crippen LogP contribution < -0.4 is 16.0 Å². The van der Waals surface area contributed by atoms with Crippen molar-refractivity contribution in [1.29, 1.82) is 0 Å². The molecule has 4 aliphatic rings. The largest absolute Gasteiger partial charge is 0.344 e. The third kappa shape index (κ3) is 15.8. The highest BCUT2D eigenvalue weighted by atomic mass is 16.2. The van der Waals surface area contributed by atoms with Gasteiger partial charge >= 0.3 is 0 Å². The van der Waals surface area contributed by atoms with Gasteiger partial charge in [0.2, 0.25) is 23.6 Å². The van der Waals surface area contributed by atoms with Crippen LogP contribution in [0.3, 0.4) is 0 Å². The van der Waals surface area contributed by atoms with E-state index >= 15 is 0 Å². The van der Waals surface area contributed by atoms with Gasteiger partial charge in [-0.15, -0.1) is 0 Å². The second-order valence-corrected chi connectivity index (χ2v) is 21.3. The Morgan fingerprint density at radius 2 is 1.12 bits per heavy atom. The second kappa shape index (κ2) is 28.7. The molecule has 4 fully saturated rings. The molecular formula is C61H83N7O6. The number of hydrogen-bond acceptors (Lipinski definition) is 8. The number of benzene rings is 4. The van der Waals surface area contributed by atoms with Crippen molar-refractivity contribution in [1.82, 2.24) is 35.6 Å². The summed E-state index contributed by atoms with van der Waals surface area (Å²) in [5, 5.41) is 10.9. The van der Waals surface area contributed by atoms with Crippen LogP contribution in [0.5, 0.6) is 0 Å². The molecule has 0 aromatic heterocycles. The number of nitrogens with zero attached hydrogens (tertiary/aromatic N) is 4. The molecule has 2 saturated heterocycles. The molecule has 2 aliphatic heterocycles. The van der Waals surface area contributed by atoms with E-state index in [-0.39, 0.29) is 60.1 Å². The summed E-state index contributed by atoms with van der Waals surface area (Å²) in [7, 11) is 3.88. The van der Waals surface area contributed by atoms with Crippen LogP contribution in [0.2, 0.25) is 0 Å². The lowest BCUT2D eigenvalue weighted by Gasteiger charge is -2.36. The van der Waals surface area contributed by atoms with Crippen LogP contribution in [0.15, 0.2) is 97.1 Å². The van der Waals surface area contributed by atoms with Gasteiger partial charge in [0, 0.05) is 68.9 Å². The van der Waals surface area contributed by atoms with Crippen LogP contribution in [0, 0.1) is 11.8 Å². The van der Waals surface area contributed by atoms with Crippen LogP contribution in [-0.2, 0) is 32.0 Å². The molecule has 2 saturated carbocycles. The topological polar surface area (TPSA) is 151 Å². The number of nitrogens with one attached hydrogen (secondary N) is 3. The van der Waals surface area contributed by atoms with Gasteiger partial charge in [0.1, 0.15) is 18.4 Å². The smallest absolute Gasteiger partial charge is 0.253 e. The van der Waals surface area contributed by atoms with Gasteiger partial charge in [-0.2, -0.15) is 0 Å². The van der Waals surface area contributed by atoms with Crippen molar-refractivity contribution < 1.29 is 28.8 Å². The summed E-state index contributed by atoms with van der Waals surface area (Å²) in [6.07, 6.45) is 17.7. The van der Waals surface area contributed by atoms with Gasteiger partial charge in [-0.3, -0.25) is 28.8 Å². The van der Waals surface area contributed by atoms with Crippen molar-refractivity contribution in [2.75, 3.05) is 59.9 Å². The quantitative estimate of drug-likeness (QED) is 0.0707. The molecule has 13 nitrogen and oxygen atoms in total. The van der Waals surface area contributed by atoms with Gasteiger partial charge in [-0.05, 0) is 130 Å². The number of amides is 5. The third-order valence-corrected chi connectivity index (χ3v) is 16.0. The van der Waals surface area contributed by atoms with Crippen molar-refractivity contribution in [2.24, 2.45) is 11.8 Å². The van der Waals surface area contributed by atoms with Crippen molar-refractivity contribution in [2.45, 2.75) is 140 Å². The fourth-order valence-electron chi connectivity index (χ4n) is 11.9. The summed E-state index contributed by atoms with van der Waals surface area (Å²) in [6.45, 7) is 6.32. The van der Waals surface area contributed by atoms with Gasteiger partial charge in [-0.25, -0.2) is 0 Å². The number of carbonyl (C=O) groups excluding carboxylic acids is 6. The highest BCUT2D eigenvalue weighted by Gasteiger charge is 2.40. The first-order valence-electron chi connectivity index (χ1n) is 27.9. The summed E-state index contributed by atoms with van der Waals surface area (Å²) < 4.78 is 0. The van der Waals surface area contributed by atoms with Crippen LogP contribution in [-0.4, -0.2) is 139 Å². The van der Waals surface area contributed by atoms with Crippen LogP contribution in [0.25, 0.3) is 10.8 Å². The molecule has 2 heterocycles. The molecule has 3 N–H and O–H groups in total. The van der Waals surface area contributed by atoms with Gasteiger partial charge in [0.05, 0.1) is 6.54 Å². The molecular weight excluding hydrogens is 927 g/mol. The molecule has 2 aliphatic carbocycles. The highest BCUT2D eigenvalue weighted by Crippen LogP contribution is 2.32. The van der Waals surface area contributed by atoms with E-state index in [2.05, 4.69) is 75.3 Å². The monoisotopic (exact) mass is 1010 g/mol. The average Bonchev–Trinajstić information content (AvgIpc) is 4.12. The van der Waals surface area contributed by atoms with Gasteiger partial charge < -0.3 is 35.6 Å². The zero-order chi connectivity index (χ0) is 52.2. The fraction of sp³-hybridized carbons (Fsp3) is 0.541. The van der Waals surface area contributed by atoms with Gasteiger partial charge in [0.15, 0.2) is 0 Å². The van der Waals surface area contributed by atoms with E-state index in [1.165, 1.54) is 31.2 Å². The summed E-state index contributed by atoms with van der Waals surface area (Å²) in [6, 6.07) is 31.0. The Kier molecular flexibility index (Phi) is 21.6. The van der Waals surface area contributed by atoms with Crippen molar-refractivity contribution in [3.63, 3.8) is 0 Å². The Bertz CT molecular complexity index is 2440. The molecule has 8 rings (SSSR count). The average molecular weight is 1010 g/mol. The molecule has 4 aromatic carbocycles. The SMILES string of the molecule is CCC(=O)NC(C(=O)N1CCCC1CN(C)CCc1ccccc1)C1CCCCC1.CNCC(=O)NC(C(=O)N1CCCC1CN(CCc1ccccc1)C(=O)c1ccc2cc(C=O)ccc2c1)C1CCCCC1. The molecule has 4 atom stereocenters. The number of likely N-dealkylation sites (N-methyl/N-ethyl adjacent to an activating group) is 2. The number of rotatable bonds is 21. The first kappa shape index (κ1) is 55.8. The van der Waals surface area contributed by atoms with Gasteiger partial charge in [0.25, 0.3) is 5.91 Å². The normalized spacial score (nSPS) is 19.1. The zero-order valence-corrected chi connectivity index (χ0v) is 44.5. The van der Waals surface area contributed by atoms with Crippen molar-refractivity contribution >= 4 is 46.6 Å². The lowest BCUT2D eigenvalue weighted by atomic mass is 9.83. The Morgan fingerprint density at radius 1 is 0.608 bits per heavy atom. The standard InChI is InChI=1S/C36H44N4O4.C25H39N3O2/c1-37-23-33(42)38-34(28-11-6-3-7-12-28)36(44)40-19-8-13-32(40)24-39(20-18-26-9-4-2-5-10-26)35(43)31-17-16-29-21-27(25-41)14-15-30(29)22-31;1-3-23(29)26-24(21-13-8-5-9-14-21)25(30)28-17-10-15-22(28)19-27(2)18-16-20-11-6-4-7-12-20/h2,4-5,9-10,14-17,21-22,25,28,32,34,37H,3,6-8,11-13,18-20,23-24H2,1H3,(H,38,42);4,6-7,11-12,21-22,24H,3,5,8-10,13-19H2,1-2H3,(H,26,29). The van der Waals surface area contributed by atoms with Crippen LogP contribution in [0.4, 0.5) is 0 Å². The molecule has 398 valence electrons. The third-order valence-electron chi connectivity index (χ3n) is 16.0. The molecule has 13 heteroatoms. The summed E-state index contributed by atoms with van der Waals surface area (Å²) in [5.74, 6) is 0.315. The van der Waals surface area contributed by atoms with E-state index in [1.807, 2.05) is 65.3 Å². The zero-order valence-electron chi connectivity index (χ0n) is 44.5. The lowest BCUT2D eigenvalue weighted by Crippen LogP contribution is -2.56. The molecule has 5 amide bonds. The molecule has 4 unspecified atom stereocenters. The van der Waals surface area contributed by atoms with E-state index in [4.69, 9.17) is 0 Å². The Hall–Kier alpha value is -5.92. The maximum absolute atomic E-state index is 14.2. The maximum atomic E-state index is 14.2. The van der Waals surface area contributed by atoms with Crippen LogP contribution >= 0.6 is 0 Å². The first-order valence-corrected chi connectivity index (χ1v) is 27.9. The molecule has 74 heavy (non-hydrogen) atoms. The first-order chi connectivity index (χ1) is 36.0. The highest BCUT2D eigenvalue weighted by molar-refractivity contribution is 5.99. The van der Waals surface area contributed by atoms with E-state index in [0.717, 1.165) is 113 Å². The number of likely N-dealkylation sites (tertiary alicyclic amines) is 2. The summed E-state index contributed by atoms with van der Waals surface area (Å²) >= 11 is 0. The summed E-state index contributed by atoms with van der Waals surface area (Å²) in [4.78, 5) is 86.1. The number of fused-ring (bicyclic) bond motifs is 1. The molecule has 0 radical (unpaired) electrons. The minimum absolute atomic E-state index is 0.00495. The predicted octanol–water partition coefficient (Wildman–Crippen LogP) is 8.24. The van der Waals surface area contributed by atoms with E-state index in [9.17, 15) is 28.8 Å². The van der Waals surface area contributed by atoms with E-state index in [0.29, 0.717) is 49.5 Å². The van der Waals surface area contributed by atoms with Crippen LogP contribution in [0.1, 0.15) is 135 Å². The Balaban J connectivity index is 0.000000233. The number of aldehydes is 1. The lowest BCUT2D eigenvalue weighted by molar-refractivity contribution is -0.139. The number of carbonyl (C=O) groups is 6. The second-order valence-electron chi connectivity index (χ2n) is 21.3. The Morgan fingerprint density at radius 3 is 1.66 bits per heavy atom. The van der Waals surface area contributed by atoms with Crippen molar-refractivity contribution in [3.05, 3.63) is 119 Å². The van der Waals surface area contributed by atoms with Gasteiger partial charge in [-0.1, -0.05) is 124 Å². The maximum Gasteiger partial charge on any atom is 0.253 e. The fourth-order valence-corrected chi connectivity index (χ4v) is 11.9. The minimum atomic E-state index is -0.540. The molecule has 0 bridgehead atoms. The minimum Gasteiger partial charge on any atom is -0.344 e. The molecule has 0 spiro atoms. The van der Waals surface area contributed by atoms with E-state index < -0.39 is 6.04 Å². The van der Waals surface area contributed by atoms with Crippen molar-refractivity contribution in [3.8, 4) is 0 Å².